The van der Waals surface area contributed by atoms with Gasteiger partial charge in [0.25, 0.3) is 0 Å². The predicted octanol–water partition coefficient (Wildman–Crippen LogP) is 3.38. The first-order valence-electron chi connectivity index (χ1n) is 6.96. The summed E-state index contributed by atoms with van der Waals surface area (Å²) in [5, 5.41) is 0. The lowest BCUT2D eigenvalue weighted by Crippen LogP contribution is -2.41. The van der Waals surface area contributed by atoms with Crippen LogP contribution < -0.4 is 0 Å². The van der Waals surface area contributed by atoms with Crippen LogP contribution in [0.2, 0.25) is 0 Å². The molecule has 84 valence electrons. The van der Waals surface area contributed by atoms with E-state index in [2.05, 4.69) is 6.92 Å². The van der Waals surface area contributed by atoms with Gasteiger partial charge in [-0.05, 0) is 69.1 Å². The summed E-state index contributed by atoms with van der Waals surface area (Å²) in [5.74, 6) is 4.18. The number of ether oxygens (including phenoxy) is 1. The quantitative estimate of drug-likeness (QED) is 0.590. The lowest BCUT2D eigenvalue weighted by atomic mass is 9.72. The maximum Gasteiger partial charge on any atom is 0.0720 e. The zero-order valence-corrected chi connectivity index (χ0v) is 9.74. The van der Waals surface area contributed by atoms with E-state index in [-0.39, 0.29) is 0 Å². The number of fused-ring (bicyclic) bond motifs is 6. The standard InChI is InChI=1S/C14H22O/c1-9-5-6-14(15-9)8-10-7-13(14)12-4-2-3-11(10)12/h9-13H,2-8H2,1H3/t9-,10-,11+,12+,13+,14-/m1/s1. The molecule has 1 heteroatoms. The summed E-state index contributed by atoms with van der Waals surface area (Å²) in [4.78, 5) is 0. The highest BCUT2D eigenvalue weighted by Gasteiger charge is 2.62. The van der Waals surface area contributed by atoms with E-state index in [9.17, 15) is 0 Å². The molecule has 1 aliphatic heterocycles. The minimum atomic E-state index is 0.371. The van der Waals surface area contributed by atoms with E-state index in [1.54, 1.807) is 0 Å². The lowest BCUT2D eigenvalue weighted by Gasteiger charge is -2.40. The van der Waals surface area contributed by atoms with Crippen molar-refractivity contribution in [1.29, 1.82) is 0 Å². The summed E-state index contributed by atoms with van der Waals surface area (Å²) in [6, 6.07) is 0. The third-order valence-corrected chi connectivity index (χ3v) is 6.00. The van der Waals surface area contributed by atoms with Crippen LogP contribution in [0.4, 0.5) is 0 Å². The van der Waals surface area contributed by atoms with Crippen LogP contribution in [0.3, 0.4) is 0 Å². The van der Waals surface area contributed by atoms with Crippen LogP contribution in [0.15, 0.2) is 0 Å². The van der Waals surface area contributed by atoms with Crippen molar-refractivity contribution in [3.8, 4) is 0 Å². The Morgan fingerprint density at radius 1 is 1.13 bits per heavy atom. The molecule has 6 atom stereocenters. The fourth-order valence-electron chi connectivity index (χ4n) is 5.60. The van der Waals surface area contributed by atoms with Crippen LogP contribution in [0.5, 0.6) is 0 Å². The molecular weight excluding hydrogens is 184 g/mol. The van der Waals surface area contributed by atoms with Crippen LogP contribution in [0, 0.1) is 23.7 Å². The molecule has 1 nitrogen and oxygen atoms in total. The average molecular weight is 206 g/mol. The summed E-state index contributed by atoms with van der Waals surface area (Å²) < 4.78 is 6.35. The van der Waals surface area contributed by atoms with E-state index in [0.29, 0.717) is 11.7 Å². The Kier molecular flexibility index (Phi) is 1.68. The molecule has 0 unspecified atom stereocenters. The van der Waals surface area contributed by atoms with Crippen molar-refractivity contribution < 1.29 is 4.74 Å². The molecule has 3 aliphatic carbocycles. The van der Waals surface area contributed by atoms with Crippen LogP contribution in [-0.4, -0.2) is 11.7 Å². The van der Waals surface area contributed by atoms with Crippen LogP contribution in [0.1, 0.15) is 51.9 Å². The Balaban J connectivity index is 1.65. The van der Waals surface area contributed by atoms with Gasteiger partial charge in [-0.25, -0.2) is 0 Å². The third-order valence-electron chi connectivity index (χ3n) is 6.00. The molecule has 0 N–H and O–H groups in total. The second-order valence-corrected chi connectivity index (χ2v) is 6.60. The number of rotatable bonds is 0. The number of hydrogen-bond donors (Lipinski definition) is 0. The molecule has 0 radical (unpaired) electrons. The van der Waals surface area contributed by atoms with Crippen LogP contribution in [0.25, 0.3) is 0 Å². The third kappa shape index (κ3) is 1.03. The van der Waals surface area contributed by atoms with Gasteiger partial charge in [-0.1, -0.05) is 6.42 Å². The van der Waals surface area contributed by atoms with Gasteiger partial charge in [-0.3, -0.25) is 0 Å². The monoisotopic (exact) mass is 206 g/mol. The molecule has 1 saturated heterocycles. The molecule has 3 saturated carbocycles. The minimum Gasteiger partial charge on any atom is -0.372 e. The van der Waals surface area contributed by atoms with Gasteiger partial charge in [0.1, 0.15) is 0 Å². The van der Waals surface area contributed by atoms with Crippen LogP contribution in [-0.2, 0) is 4.74 Å². The zero-order valence-electron chi connectivity index (χ0n) is 9.74. The van der Waals surface area contributed by atoms with Gasteiger partial charge >= 0.3 is 0 Å². The zero-order chi connectivity index (χ0) is 10.0. The van der Waals surface area contributed by atoms with E-state index < -0.39 is 0 Å². The molecule has 2 bridgehead atoms. The molecule has 15 heavy (non-hydrogen) atoms. The van der Waals surface area contributed by atoms with Crippen molar-refractivity contribution in [2.24, 2.45) is 23.7 Å². The Morgan fingerprint density at radius 2 is 2.00 bits per heavy atom. The van der Waals surface area contributed by atoms with Gasteiger partial charge in [0.15, 0.2) is 0 Å². The summed E-state index contributed by atoms with van der Waals surface area (Å²) >= 11 is 0. The van der Waals surface area contributed by atoms with Gasteiger partial charge in [0.05, 0.1) is 11.7 Å². The lowest BCUT2D eigenvalue weighted by molar-refractivity contribution is -0.0914. The molecule has 1 spiro atoms. The Bertz CT molecular complexity index is 287. The first-order valence-corrected chi connectivity index (χ1v) is 6.96. The van der Waals surface area contributed by atoms with Crippen molar-refractivity contribution >= 4 is 0 Å². The van der Waals surface area contributed by atoms with E-state index >= 15 is 0 Å². The van der Waals surface area contributed by atoms with E-state index in [4.69, 9.17) is 4.74 Å². The Morgan fingerprint density at radius 3 is 2.80 bits per heavy atom. The summed E-state index contributed by atoms with van der Waals surface area (Å²) in [6.45, 7) is 2.27. The van der Waals surface area contributed by atoms with E-state index in [1.807, 2.05) is 0 Å². The fraction of sp³-hybridized carbons (Fsp3) is 1.00. The highest BCUT2D eigenvalue weighted by molar-refractivity contribution is 5.12. The highest BCUT2D eigenvalue weighted by atomic mass is 16.5. The second kappa shape index (κ2) is 2.80. The molecule has 0 aromatic heterocycles. The maximum absolute atomic E-state index is 6.35. The van der Waals surface area contributed by atoms with E-state index in [0.717, 1.165) is 23.7 Å². The molecule has 1 heterocycles. The highest BCUT2D eigenvalue weighted by Crippen LogP contribution is 2.65. The molecule has 4 rings (SSSR count). The first kappa shape index (κ1) is 9.04. The minimum absolute atomic E-state index is 0.371. The maximum atomic E-state index is 6.35. The molecule has 0 amide bonds. The average Bonchev–Trinajstić information content (AvgIpc) is 2.89. The molecule has 4 fully saturated rings. The summed E-state index contributed by atoms with van der Waals surface area (Å²) in [5.41, 5.74) is 0.371. The second-order valence-electron chi connectivity index (χ2n) is 6.60. The molecule has 0 aromatic carbocycles. The number of hydrogen-bond acceptors (Lipinski definition) is 1. The Hall–Kier alpha value is -0.0400. The predicted molar refractivity (Wildman–Crippen MR) is 59.6 cm³/mol. The van der Waals surface area contributed by atoms with Crippen LogP contribution >= 0.6 is 0 Å². The van der Waals surface area contributed by atoms with Gasteiger partial charge in [-0.2, -0.15) is 0 Å². The summed E-state index contributed by atoms with van der Waals surface area (Å²) in [6.07, 6.45) is 10.7. The molecule has 0 aromatic rings. The van der Waals surface area contributed by atoms with E-state index in [1.165, 1.54) is 44.9 Å². The molecule has 4 aliphatic rings. The fourth-order valence-corrected chi connectivity index (χ4v) is 5.60. The van der Waals surface area contributed by atoms with Crippen molar-refractivity contribution in [3.05, 3.63) is 0 Å². The topological polar surface area (TPSA) is 9.23 Å². The van der Waals surface area contributed by atoms with Gasteiger partial charge in [-0.15, -0.1) is 0 Å². The van der Waals surface area contributed by atoms with Crippen molar-refractivity contribution in [3.63, 3.8) is 0 Å². The van der Waals surface area contributed by atoms with Gasteiger partial charge in [0, 0.05) is 0 Å². The first-order chi connectivity index (χ1) is 7.28. The largest absolute Gasteiger partial charge is 0.372 e. The van der Waals surface area contributed by atoms with Crippen molar-refractivity contribution in [1.82, 2.24) is 0 Å². The molecular formula is C14H22O. The van der Waals surface area contributed by atoms with Gasteiger partial charge < -0.3 is 4.74 Å². The smallest absolute Gasteiger partial charge is 0.0720 e. The normalized spacial score (nSPS) is 61.8. The summed E-state index contributed by atoms with van der Waals surface area (Å²) in [7, 11) is 0. The van der Waals surface area contributed by atoms with Crippen molar-refractivity contribution in [2.45, 2.75) is 63.6 Å². The Labute approximate surface area is 92.6 Å². The van der Waals surface area contributed by atoms with Crippen molar-refractivity contribution in [2.75, 3.05) is 0 Å². The SMILES string of the molecule is C[C@@H]1CC[C@]2(C[C@H]3C[C@H]2[C@H]2CCC[C@@H]32)O1. The van der Waals surface area contributed by atoms with Gasteiger partial charge in [0.2, 0.25) is 0 Å².